The first-order valence-corrected chi connectivity index (χ1v) is 7.64. The lowest BCUT2D eigenvalue weighted by Gasteiger charge is -2.27. The Morgan fingerprint density at radius 2 is 1.90 bits per heavy atom. The smallest absolute Gasteiger partial charge is 0.226 e. The quantitative estimate of drug-likeness (QED) is 0.838. The number of carbonyl (C=O) groups excluding carboxylic acids is 2. The van der Waals surface area contributed by atoms with E-state index in [9.17, 15) is 9.59 Å². The molecule has 1 rings (SSSR count). The van der Waals surface area contributed by atoms with Gasteiger partial charge in [0.2, 0.25) is 11.8 Å². The zero-order chi connectivity index (χ0) is 15.8. The average Bonchev–Trinajstić information content (AvgIpc) is 2.47. The maximum Gasteiger partial charge on any atom is 0.226 e. The minimum absolute atomic E-state index is 0.0195. The van der Waals surface area contributed by atoms with Crippen molar-refractivity contribution in [2.24, 2.45) is 0 Å². The number of nitrogens with zero attached hydrogens (tertiary/aromatic N) is 1. The van der Waals surface area contributed by atoms with E-state index in [-0.39, 0.29) is 17.9 Å². The fourth-order valence-electron chi connectivity index (χ4n) is 2.29. The molecule has 21 heavy (non-hydrogen) atoms. The molecule has 2 amide bonds. The molecule has 0 saturated heterocycles. The molecule has 116 valence electrons. The highest BCUT2D eigenvalue weighted by atomic mass is 16.2. The van der Waals surface area contributed by atoms with Gasteiger partial charge >= 0.3 is 0 Å². The summed E-state index contributed by atoms with van der Waals surface area (Å²) in [6.45, 7) is 8.12. The molecule has 0 aliphatic heterocycles. The number of para-hydroxylation sites is 1. The molecule has 1 unspecified atom stereocenters. The largest absolute Gasteiger partial charge is 0.340 e. The topological polar surface area (TPSA) is 49.4 Å². The van der Waals surface area contributed by atoms with E-state index in [0.717, 1.165) is 24.1 Å². The van der Waals surface area contributed by atoms with Gasteiger partial charge in [0.1, 0.15) is 0 Å². The summed E-state index contributed by atoms with van der Waals surface area (Å²) in [4.78, 5) is 25.4. The van der Waals surface area contributed by atoms with Gasteiger partial charge in [-0.1, -0.05) is 32.0 Å². The lowest BCUT2D eigenvalue weighted by molar-refractivity contribution is -0.131. The number of hydrogen-bond donors (Lipinski definition) is 1. The fraction of sp³-hybridized carbons (Fsp3) is 0.529. The van der Waals surface area contributed by atoms with Crippen molar-refractivity contribution in [3.63, 3.8) is 0 Å². The first-order chi connectivity index (χ1) is 9.99. The molecule has 0 aromatic heterocycles. The molecule has 0 aliphatic rings. The number of benzene rings is 1. The van der Waals surface area contributed by atoms with E-state index in [1.54, 1.807) is 11.8 Å². The van der Waals surface area contributed by atoms with Crippen molar-refractivity contribution >= 4 is 17.5 Å². The Labute approximate surface area is 127 Å². The molecule has 0 aliphatic carbocycles. The number of rotatable bonds is 7. The van der Waals surface area contributed by atoms with Crippen molar-refractivity contribution in [1.29, 1.82) is 0 Å². The first kappa shape index (κ1) is 17.2. The van der Waals surface area contributed by atoms with Crippen LogP contribution in [0, 0.1) is 0 Å². The molecule has 4 nitrogen and oxygen atoms in total. The summed E-state index contributed by atoms with van der Waals surface area (Å²) in [6.07, 6.45) is 2.09. The molecule has 0 bridgehead atoms. The van der Waals surface area contributed by atoms with E-state index in [2.05, 4.69) is 12.2 Å². The lowest BCUT2D eigenvalue weighted by atomic mass is 10.1. The van der Waals surface area contributed by atoms with Crippen molar-refractivity contribution < 1.29 is 9.59 Å². The Bertz CT molecular complexity index is 485. The van der Waals surface area contributed by atoms with Crippen molar-refractivity contribution in [1.82, 2.24) is 4.90 Å². The summed E-state index contributed by atoms with van der Waals surface area (Å²) in [5.41, 5.74) is 1.99. The van der Waals surface area contributed by atoms with Gasteiger partial charge in [0.05, 0.1) is 0 Å². The standard InChI is InChI=1S/C17H26N2O2/c1-5-13(3)19(14(4)20)12-11-17(21)18-16-10-8-7-9-15(16)6-2/h7-10,13H,5-6,11-12H2,1-4H3,(H,18,21). The molecule has 0 saturated carbocycles. The van der Waals surface area contributed by atoms with E-state index in [1.165, 1.54) is 0 Å². The Morgan fingerprint density at radius 1 is 1.24 bits per heavy atom. The van der Waals surface area contributed by atoms with Gasteiger partial charge in [-0.2, -0.15) is 0 Å². The number of amides is 2. The summed E-state index contributed by atoms with van der Waals surface area (Å²) in [6, 6.07) is 7.97. The van der Waals surface area contributed by atoms with Gasteiger partial charge in [-0.3, -0.25) is 9.59 Å². The van der Waals surface area contributed by atoms with Crippen molar-refractivity contribution in [3.8, 4) is 0 Å². The molecular weight excluding hydrogens is 264 g/mol. The highest BCUT2D eigenvalue weighted by Crippen LogP contribution is 2.15. The van der Waals surface area contributed by atoms with Crippen LogP contribution >= 0.6 is 0 Å². The van der Waals surface area contributed by atoms with Gasteiger partial charge in [-0.25, -0.2) is 0 Å². The van der Waals surface area contributed by atoms with E-state index in [4.69, 9.17) is 0 Å². The number of carbonyl (C=O) groups is 2. The predicted octanol–water partition coefficient (Wildman–Crippen LogP) is 3.22. The number of anilines is 1. The molecule has 0 spiro atoms. The van der Waals surface area contributed by atoms with Crippen LogP contribution in [0.1, 0.15) is 46.1 Å². The molecule has 0 heterocycles. The number of nitrogens with one attached hydrogen (secondary N) is 1. The van der Waals surface area contributed by atoms with E-state index in [0.29, 0.717) is 13.0 Å². The summed E-state index contributed by atoms with van der Waals surface area (Å²) < 4.78 is 0. The van der Waals surface area contributed by atoms with Crippen molar-refractivity contribution in [2.45, 2.75) is 53.0 Å². The summed E-state index contributed by atoms with van der Waals surface area (Å²) in [5, 5.41) is 2.94. The second-order valence-corrected chi connectivity index (χ2v) is 5.28. The van der Waals surface area contributed by atoms with Crippen LogP contribution in [0.4, 0.5) is 5.69 Å². The van der Waals surface area contributed by atoms with E-state index in [1.807, 2.05) is 38.1 Å². The summed E-state index contributed by atoms with van der Waals surface area (Å²) >= 11 is 0. The Balaban J connectivity index is 2.59. The van der Waals surface area contributed by atoms with Crippen molar-refractivity contribution in [3.05, 3.63) is 29.8 Å². The van der Waals surface area contributed by atoms with Gasteiger partial charge in [-0.15, -0.1) is 0 Å². The molecular formula is C17H26N2O2. The molecule has 1 aromatic rings. The second-order valence-electron chi connectivity index (χ2n) is 5.28. The monoisotopic (exact) mass is 290 g/mol. The minimum atomic E-state index is -0.0505. The van der Waals surface area contributed by atoms with Crippen molar-refractivity contribution in [2.75, 3.05) is 11.9 Å². The molecule has 1 N–H and O–H groups in total. The van der Waals surface area contributed by atoms with Crippen LogP contribution < -0.4 is 5.32 Å². The SMILES string of the molecule is CCc1ccccc1NC(=O)CCN(C(C)=O)C(C)CC. The second kappa shape index (κ2) is 8.45. The molecule has 0 fully saturated rings. The Kier molecular flexibility index (Phi) is 6.92. The number of aryl methyl sites for hydroxylation is 1. The Morgan fingerprint density at radius 3 is 2.48 bits per heavy atom. The van der Waals surface area contributed by atoms with Gasteiger partial charge in [-0.05, 0) is 31.4 Å². The van der Waals surface area contributed by atoms with Gasteiger partial charge in [0, 0.05) is 31.6 Å². The molecule has 4 heteroatoms. The third-order valence-corrected chi connectivity index (χ3v) is 3.78. The highest BCUT2D eigenvalue weighted by molar-refractivity contribution is 5.91. The highest BCUT2D eigenvalue weighted by Gasteiger charge is 2.16. The first-order valence-electron chi connectivity index (χ1n) is 7.64. The molecule has 0 radical (unpaired) electrons. The lowest BCUT2D eigenvalue weighted by Crippen LogP contribution is -2.38. The third kappa shape index (κ3) is 5.21. The Hall–Kier alpha value is -1.84. The van der Waals surface area contributed by atoms with E-state index < -0.39 is 0 Å². The van der Waals surface area contributed by atoms with Gasteiger partial charge in [0.25, 0.3) is 0 Å². The van der Waals surface area contributed by atoms with Crippen LogP contribution in [0.2, 0.25) is 0 Å². The van der Waals surface area contributed by atoms with Gasteiger partial charge in [0.15, 0.2) is 0 Å². The maximum absolute atomic E-state index is 12.1. The molecule has 1 aromatic carbocycles. The van der Waals surface area contributed by atoms with Crippen LogP contribution in [-0.4, -0.2) is 29.3 Å². The summed E-state index contributed by atoms with van der Waals surface area (Å²) in [7, 11) is 0. The number of hydrogen-bond acceptors (Lipinski definition) is 2. The van der Waals surface area contributed by atoms with Crippen LogP contribution in [0.25, 0.3) is 0 Å². The van der Waals surface area contributed by atoms with Crippen LogP contribution in [0.15, 0.2) is 24.3 Å². The van der Waals surface area contributed by atoms with Crippen LogP contribution in [0.5, 0.6) is 0 Å². The summed E-state index contributed by atoms with van der Waals surface area (Å²) in [5.74, 6) is -0.0310. The predicted molar refractivity (Wildman–Crippen MR) is 86.2 cm³/mol. The van der Waals surface area contributed by atoms with E-state index >= 15 is 0 Å². The zero-order valence-electron chi connectivity index (χ0n) is 13.5. The van der Waals surface area contributed by atoms with Gasteiger partial charge < -0.3 is 10.2 Å². The molecule has 1 atom stereocenters. The van der Waals surface area contributed by atoms with Crippen LogP contribution in [-0.2, 0) is 16.0 Å². The zero-order valence-corrected chi connectivity index (χ0v) is 13.5. The minimum Gasteiger partial charge on any atom is -0.340 e. The van der Waals surface area contributed by atoms with Crippen LogP contribution in [0.3, 0.4) is 0 Å². The third-order valence-electron chi connectivity index (χ3n) is 3.78. The normalized spacial score (nSPS) is 11.8. The maximum atomic E-state index is 12.1. The fourth-order valence-corrected chi connectivity index (χ4v) is 2.29. The average molecular weight is 290 g/mol.